The van der Waals surface area contributed by atoms with Gasteiger partial charge >= 0.3 is 5.97 Å². The number of nitrogens with two attached hydrogens (primary N) is 1. The van der Waals surface area contributed by atoms with Crippen LogP contribution in [0.4, 0.5) is 4.39 Å². The average molecular weight is 200 g/mol. The smallest absolute Gasteiger partial charge is 0.323 e. The minimum absolute atomic E-state index is 0. The monoisotopic (exact) mass is 199 g/mol. The van der Waals surface area contributed by atoms with Crippen molar-refractivity contribution in [1.29, 1.82) is 0 Å². The molecule has 0 aromatic rings. The first-order valence-corrected chi connectivity index (χ1v) is 3.30. The molecule has 0 aromatic heterocycles. The van der Waals surface area contributed by atoms with E-state index < -0.39 is 23.8 Å². The molecule has 1 rings (SSSR count). The van der Waals surface area contributed by atoms with Gasteiger partial charge in [-0.05, 0) is 0 Å². The van der Waals surface area contributed by atoms with Crippen LogP contribution in [-0.4, -0.2) is 34.0 Å². The van der Waals surface area contributed by atoms with E-state index in [4.69, 9.17) is 15.9 Å². The van der Waals surface area contributed by atoms with Crippen molar-refractivity contribution in [2.45, 2.75) is 30.7 Å². The van der Waals surface area contributed by atoms with Crippen molar-refractivity contribution in [3.63, 3.8) is 0 Å². The molecule has 1 aliphatic carbocycles. The van der Waals surface area contributed by atoms with Gasteiger partial charge in [-0.2, -0.15) is 0 Å². The largest absolute Gasteiger partial charge is 0.480 e. The Morgan fingerprint density at radius 3 is 2.25 bits per heavy atom. The lowest BCUT2D eigenvalue weighted by Crippen LogP contribution is -2.46. The number of hydrogen-bond donors (Lipinski definition) is 3. The van der Waals surface area contributed by atoms with Crippen molar-refractivity contribution < 1.29 is 19.4 Å². The molecule has 4 nitrogen and oxygen atoms in total. The minimum Gasteiger partial charge on any atom is -0.480 e. The summed E-state index contributed by atoms with van der Waals surface area (Å²) in [5.74, 6) is -1.25. The van der Waals surface area contributed by atoms with Gasteiger partial charge in [0.05, 0.1) is 6.10 Å². The van der Waals surface area contributed by atoms with Gasteiger partial charge in [0.15, 0.2) is 0 Å². The Morgan fingerprint density at radius 1 is 1.58 bits per heavy atom. The van der Waals surface area contributed by atoms with Crippen LogP contribution in [0.5, 0.6) is 0 Å². The maximum absolute atomic E-state index is 12.6. The summed E-state index contributed by atoms with van der Waals surface area (Å²) >= 11 is 0. The summed E-state index contributed by atoms with van der Waals surface area (Å²) in [6.07, 6.45) is -3.24. The number of hydrogen-bond acceptors (Lipinski definition) is 3. The number of rotatable bonds is 1. The molecule has 0 aromatic carbocycles. The standard InChI is InChI=1S/C6H10FNO3.ClH/c7-3-1-6(8,5(10)11)2-4(3)9;/h3-4,9H,1-2,8H2,(H,10,11);1H/t3-,4-,6-;/m1./s1. The fourth-order valence-electron chi connectivity index (χ4n) is 1.24. The normalized spacial score (nSPS) is 40.6. The number of aliphatic carboxylic acids is 1. The molecule has 1 saturated carbocycles. The second-order valence-corrected chi connectivity index (χ2v) is 2.95. The van der Waals surface area contributed by atoms with Crippen LogP contribution in [0.1, 0.15) is 12.8 Å². The number of aliphatic hydroxyl groups excluding tert-OH is 1. The van der Waals surface area contributed by atoms with Crippen LogP contribution in [0.3, 0.4) is 0 Å². The van der Waals surface area contributed by atoms with Gasteiger partial charge in [-0.1, -0.05) is 0 Å². The summed E-state index contributed by atoms with van der Waals surface area (Å²) in [6.45, 7) is 0. The van der Waals surface area contributed by atoms with Gasteiger partial charge in [0.25, 0.3) is 0 Å². The van der Waals surface area contributed by atoms with E-state index in [0.29, 0.717) is 0 Å². The summed E-state index contributed by atoms with van der Waals surface area (Å²) in [4.78, 5) is 10.4. The van der Waals surface area contributed by atoms with Crippen LogP contribution in [0, 0.1) is 0 Å². The maximum atomic E-state index is 12.6. The third-order valence-electron chi connectivity index (χ3n) is 1.98. The number of aliphatic hydroxyl groups is 1. The highest BCUT2D eigenvalue weighted by atomic mass is 35.5. The van der Waals surface area contributed by atoms with Crippen molar-refractivity contribution in [2.24, 2.45) is 5.73 Å². The lowest BCUT2D eigenvalue weighted by atomic mass is 10.00. The third-order valence-corrected chi connectivity index (χ3v) is 1.98. The second kappa shape index (κ2) is 3.55. The van der Waals surface area contributed by atoms with Crippen LogP contribution < -0.4 is 5.73 Å². The molecule has 1 fully saturated rings. The van der Waals surface area contributed by atoms with E-state index in [1.807, 2.05) is 0 Å². The van der Waals surface area contributed by atoms with E-state index in [1.165, 1.54) is 0 Å². The Labute approximate surface area is 75.0 Å². The van der Waals surface area contributed by atoms with Crippen LogP contribution in [0.2, 0.25) is 0 Å². The SMILES string of the molecule is Cl.N[C@@]1(C(=O)O)C[C@@H](O)[C@H](F)C1. The average Bonchev–Trinajstić information content (AvgIpc) is 2.09. The summed E-state index contributed by atoms with van der Waals surface area (Å²) in [6, 6.07) is 0. The molecule has 4 N–H and O–H groups in total. The Hall–Kier alpha value is -0.390. The molecule has 0 unspecified atom stereocenters. The van der Waals surface area contributed by atoms with Crippen molar-refractivity contribution >= 4 is 18.4 Å². The van der Waals surface area contributed by atoms with Gasteiger partial charge in [-0.3, -0.25) is 4.79 Å². The van der Waals surface area contributed by atoms with E-state index >= 15 is 0 Å². The predicted molar refractivity (Wildman–Crippen MR) is 41.9 cm³/mol. The lowest BCUT2D eigenvalue weighted by Gasteiger charge is -2.15. The molecule has 0 heterocycles. The van der Waals surface area contributed by atoms with E-state index in [9.17, 15) is 9.18 Å². The molecule has 3 atom stereocenters. The molecule has 12 heavy (non-hydrogen) atoms. The second-order valence-electron chi connectivity index (χ2n) is 2.95. The van der Waals surface area contributed by atoms with Gasteiger partial charge in [0.1, 0.15) is 11.7 Å². The highest BCUT2D eigenvalue weighted by Crippen LogP contribution is 2.30. The first-order chi connectivity index (χ1) is 4.96. The Morgan fingerprint density at radius 2 is 2.08 bits per heavy atom. The fraction of sp³-hybridized carbons (Fsp3) is 0.833. The van der Waals surface area contributed by atoms with E-state index in [1.54, 1.807) is 0 Å². The summed E-state index contributed by atoms with van der Waals surface area (Å²) < 4.78 is 12.6. The zero-order valence-electron chi connectivity index (χ0n) is 6.24. The molecule has 1 aliphatic rings. The summed E-state index contributed by atoms with van der Waals surface area (Å²) in [5.41, 5.74) is 3.71. The molecular formula is C6H11ClFNO3. The van der Waals surface area contributed by atoms with Crippen LogP contribution in [0.25, 0.3) is 0 Å². The first-order valence-electron chi connectivity index (χ1n) is 3.30. The zero-order chi connectivity index (χ0) is 8.65. The maximum Gasteiger partial charge on any atom is 0.323 e. The molecule has 0 spiro atoms. The van der Waals surface area contributed by atoms with Gasteiger partial charge in [0, 0.05) is 12.8 Å². The number of carboxylic acids is 1. The Bertz CT molecular complexity index is 180. The number of alkyl halides is 1. The van der Waals surface area contributed by atoms with Gasteiger partial charge in [-0.25, -0.2) is 4.39 Å². The highest BCUT2D eigenvalue weighted by Gasteiger charge is 2.47. The molecule has 0 amide bonds. The number of carbonyl (C=O) groups is 1. The Balaban J connectivity index is 0.00000121. The number of carboxylic acid groups (broad SMARTS) is 1. The van der Waals surface area contributed by atoms with Crippen LogP contribution in [-0.2, 0) is 4.79 Å². The van der Waals surface area contributed by atoms with E-state index in [-0.39, 0.29) is 25.2 Å². The van der Waals surface area contributed by atoms with Gasteiger partial charge in [-0.15, -0.1) is 12.4 Å². The molecular weight excluding hydrogens is 189 g/mol. The molecule has 72 valence electrons. The molecule has 6 heteroatoms. The minimum atomic E-state index is -1.57. The molecule has 0 saturated heterocycles. The molecule has 0 aliphatic heterocycles. The molecule has 0 radical (unpaired) electrons. The number of halogens is 2. The van der Waals surface area contributed by atoms with E-state index in [0.717, 1.165) is 0 Å². The van der Waals surface area contributed by atoms with Gasteiger partial charge < -0.3 is 15.9 Å². The first kappa shape index (κ1) is 11.6. The van der Waals surface area contributed by atoms with Gasteiger partial charge in [0.2, 0.25) is 0 Å². The lowest BCUT2D eigenvalue weighted by molar-refractivity contribution is -0.143. The van der Waals surface area contributed by atoms with E-state index in [2.05, 4.69) is 0 Å². The van der Waals surface area contributed by atoms with Crippen LogP contribution in [0.15, 0.2) is 0 Å². The highest BCUT2D eigenvalue weighted by molar-refractivity contribution is 5.85. The van der Waals surface area contributed by atoms with Crippen molar-refractivity contribution in [1.82, 2.24) is 0 Å². The van der Waals surface area contributed by atoms with Crippen molar-refractivity contribution in [3.8, 4) is 0 Å². The van der Waals surface area contributed by atoms with Crippen LogP contribution >= 0.6 is 12.4 Å². The van der Waals surface area contributed by atoms with Crippen molar-refractivity contribution in [3.05, 3.63) is 0 Å². The zero-order valence-corrected chi connectivity index (χ0v) is 7.05. The molecule has 0 bridgehead atoms. The summed E-state index contributed by atoms with van der Waals surface area (Å²) in [5, 5.41) is 17.4. The fourth-order valence-corrected chi connectivity index (χ4v) is 1.24. The predicted octanol–water partition coefficient (Wildman–Crippen LogP) is -0.317. The topological polar surface area (TPSA) is 83.6 Å². The third kappa shape index (κ3) is 1.85. The summed E-state index contributed by atoms with van der Waals surface area (Å²) in [7, 11) is 0. The quantitative estimate of drug-likeness (QED) is 0.541. The van der Waals surface area contributed by atoms with Crippen molar-refractivity contribution in [2.75, 3.05) is 0 Å². The Kier molecular flexibility index (Phi) is 3.44.